The van der Waals surface area contributed by atoms with Crippen LogP contribution in [0.4, 0.5) is 0 Å². The average molecular weight is 309 g/mol. The second kappa shape index (κ2) is 10.5. The van der Waals surface area contributed by atoms with Crippen LogP contribution in [0.25, 0.3) is 0 Å². The molecule has 4 unspecified atom stereocenters. The van der Waals surface area contributed by atoms with Crippen molar-refractivity contribution in [3.05, 3.63) is 0 Å². The van der Waals surface area contributed by atoms with Crippen LogP contribution in [-0.2, 0) is 14.3 Å². The number of aliphatic hydroxyl groups excluding tert-OH is 5. The summed E-state index contributed by atoms with van der Waals surface area (Å²) in [7, 11) is 1.27. The van der Waals surface area contributed by atoms with Crippen molar-refractivity contribution in [1.29, 1.82) is 0 Å². The van der Waals surface area contributed by atoms with Crippen molar-refractivity contribution in [3.63, 3.8) is 0 Å². The molecule has 1 amide bonds. The van der Waals surface area contributed by atoms with Gasteiger partial charge in [0.1, 0.15) is 18.3 Å². The van der Waals surface area contributed by atoms with Crippen LogP contribution >= 0.6 is 0 Å². The standard InChI is InChI=1S/C12H23NO8/c1-21-8(16)4-2-3-5-13-12(20)11(19)10(18)9(17)7(15)6-14/h7,9-11,14-15,17-19H,2-6H2,1H3,(H,13,20). The van der Waals surface area contributed by atoms with Crippen molar-refractivity contribution in [3.8, 4) is 0 Å². The molecule has 0 aliphatic heterocycles. The molecule has 0 aromatic heterocycles. The van der Waals surface area contributed by atoms with E-state index in [9.17, 15) is 24.9 Å². The number of rotatable bonds is 10. The van der Waals surface area contributed by atoms with E-state index in [0.717, 1.165) is 0 Å². The molecule has 6 N–H and O–H groups in total. The number of ether oxygens (including phenoxy) is 1. The van der Waals surface area contributed by atoms with Crippen LogP contribution in [0.1, 0.15) is 19.3 Å². The Morgan fingerprint density at radius 1 is 1.10 bits per heavy atom. The van der Waals surface area contributed by atoms with E-state index in [2.05, 4.69) is 10.1 Å². The number of carbonyl (C=O) groups is 2. The van der Waals surface area contributed by atoms with Crippen LogP contribution in [0, 0.1) is 0 Å². The summed E-state index contributed by atoms with van der Waals surface area (Å²) >= 11 is 0. The monoisotopic (exact) mass is 309 g/mol. The van der Waals surface area contributed by atoms with Crippen molar-refractivity contribution < 1.29 is 39.9 Å². The lowest BCUT2D eigenvalue weighted by molar-refractivity contribution is -0.148. The second-order valence-electron chi connectivity index (χ2n) is 4.50. The quantitative estimate of drug-likeness (QED) is 0.183. The molecule has 0 aromatic carbocycles. The number of carbonyl (C=O) groups excluding carboxylic acids is 2. The van der Waals surface area contributed by atoms with Crippen molar-refractivity contribution >= 4 is 11.9 Å². The van der Waals surface area contributed by atoms with E-state index in [1.54, 1.807) is 0 Å². The molecule has 0 saturated heterocycles. The van der Waals surface area contributed by atoms with Gasteiger partial charge in [-0.05, 0) is 12.8 Å². The lowest BCUT2D eigenvalue weighted by Crippen LogP contribution is -2.51. The Morgan fingerprint density at radius 2 is 1.71 bits per heavy atom. The third-order valence-electron chi connectivity index (χ3n) is 2.86. The van der Waals surface area contributed by atoms with Crippen LogP contribution in [0.15, 0.2) is 0 Å². The van der Waals surface area contributed by atoms with E-state index >= 15 is 0 Å². The minimum atomic E-state index is -1.94. The number of nitrogens with one attached hydrogen (secondary N) is 1. The van der Waals surface area contributed by atoms with Gasteiger partial charge in [0.15, 0.2) is 6.10 Å². The Kier molecular flexibility index (Phi) is 9.84. The van der Waals surface area contributed by atoms with Gasteiger partial charge in [-0.1, -0.05) is 0 Å². The Morgan fingerprint density at radius 3 is 2.24 bits per heavy atom. The van der Waals surface area contributed by atoms with E-state index in [4.69, 9.17) is 10.2 Å². The van der Waals surface area contributed by atoms with Gasteiger partial charge in [-0.2, -0.15) is 0 Å². The second-order valence-corrected chi connectivity index (χ2v) is 4.50. The first-order valence-electron chi connectivity index (χ1n) is 6.52. The molecule has 0 radical (unpaired) electrons. The van der Waals surface area contributed by atoms with E-state index < -0.39 is 36.9 Å². The molecular formula is C12H23NO8. The van der Waals surface area contributed by atoms with Gasteiger partial charge in [-0.15, -0.1) is 0 Å². The maximum Gasteiger partial charge on any atom is 0.305 e. The summed E-state index contributed by atoms with van der Waals surface area (Å²) in [6.45, 7) is -0.654. The lowest BCUT2D eigenvalue weighted by atomic mass is 10.0. The van der Waals surface area contributed by atoms with Crippen LogP contribution in [0.5, 0.6) is 0 Å². The average Bonchev–Trinajstić information content (AvgIpc) is 2.50. The molecule has 0 spiro atoms. The highest BCUT2D eigenvalue weighted by Crippen LogP contribution is 2.05. The third-order valence-corrected chi connectivity index (χ3v) is 2.86. The molecule has 9 heteroatoms. The number of hydrogen-bond acceptors (Lipinski definition) is 8. The van der Waals surface area contributed by atoms with Gasteiger partial charge in [0.25, 0.3) is 5.91 Å². The molecule has 21 heavy (non-hydrogen) atoms. The highest BCUT2D eigenvalue weighted by Gasteiger charge is 2.33. The van der Waals surface area contributed by atoms with Crippen LogP contribution < -0.4 is 5.32 Å². The van der Waals surface area contributed by atoms with Crippen LogP contribution in [-0.4, -0.2) is 82.1 Å². The topological polar surface area (TPSA) is 157 Å². The first-order chi connectivity index (χ1) is 9.84. The van der Waals surface area contributed by atoms with Gasteiger partial charge >= 0.3 is 5.97 Å². The minimum Gasteiger partial charge on any atom is -0.469 e. The fourth-order valence-electron chi connectivity index (χ4n) is 1.49. The summed E-state index contributed by atoms with van der Waals surface area (Å²) in [5, 5.41) is 48.3. The van der Waals surface area contributed by atoms with Gasteiger partial charge in [0, 0.05) is 13.0 Å². The predicted octanol–water partition coefficient (Wildman–Crippen LogP) is -3.12. The molecule has 0 saturated carbocycles. The van der Waals surface area contributed by atoms with E-state index in [1.807, 2.05) is 0 Å². The number of esters is 1. The molecule has 0 bridgehead atoms. The first-order valence-corrected chi connectivity index (χ1v) is 6.52. The van der Waals surface area contributed by atoms with Crippen molar-refractivity contribution in [2.45, 2.75) is 43.7 Å². The Labute approximate surface area is 122 Å². The van der Waals surface area contributed by atoms with Gasteiger partial charge in [-0.25, -0.2) is 0 Å². The SMILES string of the molecule is COC(=O)CCCCNC(=O)C(O)C(O)C(O)C(O)CO. The van der Waals surface area contributed by atoms with E-state index in [1.165, 1.54) is 7.11 Å². The zero-order chi connectivity index (χ0) is 16.4. The largest absolute Gasteiger partial charge is 0.469 e. The summed E-state index contributed by atoms with van der Waals surface area (Å²) in [6.07, 6.45) is -6.23. The van der Waals surface area contributed by atoms with Gasteiger partial charge in [0.05, 0.1) is 13.7 Å². The maximum atomic E-state index is 11.5. The Bertz CT molecular complexity index is 324. The van der Waals surface area contributed by atoms with Crippen molar-refractivity contribution in [1.82, 2.24) is 5.32 Å². The fourth-order valence-corrected chi connectivity index (χ4v) is 1.49. The molecular weight excluding hydrogens is 286 g/mol. The molecule has 124 valence electrons. The molecule has 0 heterocycles. The number of aliphatic hydroxyl groups is 5. The number of hydrogen-bond donors (Lipinski definition) is 6. The fraction of sp³-hybridized carbons (Fsp3) is 0.833. The van der Waals surface area contributed by atoms with E-state index in [-0.39, 0.29) is 18.9 Å². The summed E-state index contributed by atoms with van der Waals surface area (Å²) in [5.74, 6) is -1.29. The number of unbranched alkanes of at least 4 members (excludes halogenated alkanes) is 1. The lowest BCUT2D eigenvalue weighted by Gasteiger charge is -2.24. The van der Waals surface area contributed by atoms with Crippen LogP contribution in [0.3, 0.4) is 0 Å². The zero-order valence-electron chi connectivity index (χ0n) is 11.8. The summed E-state index contributed by atoms with van der Waals surface area (Å²) in [6, 6.07) is 0. The first kappa shape index (κ1) is 19.7. The van der Waals surface area contributed by atoms with Gasteiger partial charge in [-0.3, -0.25) is 9.59 Å². The Balaban J connectivity index is 4.02. The smallest absolute Gasteiger partial charge is 0.305 e. The summed E-state index contributed by atoms with van der Waals surface area (Å²) in [4.78, 5) is 22.3. The molecule has 9 nitrogen and oxygen atoms in total. The Hall–Kier alpha value is -1.26. The summed E-state index contributed by atoms with van der Waals surface area (Å²) in [5.41, 5.74) is 0. The molecule has 4 atom stereocenters. The molecule has 0 rings (SSSR count). The van der Waals surface area contributed by atoms with Gasteiger partial charge in [0.2, 0.25) is 0 Å². The normalized spacial score (nSPS) is 16.7. The van der Waals surface area contributed by atoms with E-state index in [0.29, 0.717) is 12.8 Å². The zero-order valence-corrected chi connectivity index (χ0v) is 11.8. The number of methoxy groups -OCH3 is 1. The molecule has 0 aliphatic carbocycles. The maximum absolute atomic E-state index is 11.5. The molecule has 0 aromatic rings. The third kappa shape index (κ3) is 7.34. The molecule has 0 fully saturated rings. The van der Waals surface area contributed by atoms with Gasteiger partial charge < -0.3 is 35.6 Å². The minimum absolute atomic E-state index is 0.165. The number of amides is 1. The van der Waals surface area contributed by atoms with Crippen molar-refractivity contribution in [2.75, 3.05) is 20.3 Å². The predicted molar refractivity (Wildman–Crippen MR) is 70.0 cm³/mol. The summed E-state index contributed by atoms with van der Waals surface area (Å²) < 4.78 is 4.44. The molecule has 0 aliphatic rings. The van der Waals surface area contributed by atoms with Crippen LogP contribution in [0.2, 0.25) is 0 Å². The van der Waals surface area contributed by atoms with Crippen molar-refractivity contribution in [2.24, 2.45) is 0 Å². The highest BCUT2D eigenvalue weighted by molar-refractivity contribution is 5.81. The highest BCUT2D eigenvalue weighted by atomic mass is 16.5.